The van der Waals surface area contributed by atoms with Crippen LogP contribution in [0.3, 0.4) is 0 Å². The fourth-order valence-corrected chi connectivity index (χ4v) is 3.34. The van der Waals surface area contributed by atoms with Gasteiger partial charge in [-0.2, -0.15) is 0 Å². The monoisotopic (exact) mass is 273 g/mol. The maximum atomic E-state index is 3.72. The van der Waals surface area contributed by atoms with Crippen molar-refractivity contribution in [3.63, 3.8) is 0 Å². The van der Waals surface area contributed by atoms with Crippen molar-refractivity contribution >= 4 is 11.3 Å². The van der Waals surface area contributed by atoms with E-state index < -0.39 is 0 Å². The molecule has 0 spiro atoms. The second-order valence-electron chi connectivity index (χ2n) is 4.86. The molecule has 1 nitrogen and oxygen atoms in total. The van der Waals surface area contributed by atoms with E-state index in [-0.39, 0.29) is 0 Å². The molecule has 0 bridgehead atoms. The van der Waals surface area contributed by atoms with E-state index in [4.69, 9.17) is 0 Å². The Morgan fingerprint density at radius 3 is 2.58 bits per heavy atom. The number of rotatable bonds is 7. The molecule has 19 heavy (non-hydrogen) atoms. The third kappa shape index (κ3) is 3.92. The second-order valence-corrected chi connectivity index (χ2v) is 5.86. The number of benzene rings is 1. The number of hydrogen-bond acceptors (Lipinski definition) is 2. The molecule has 1 atom stereocenters. The van der Waals surface area contributed by atoms with E-state index >= 15 is 0 Å². The predicted octanol–water partition coefficient (Wildman–Crippen LogP) is 4.94. The lowest BCUT2D eigenvalue weighted by Gasteiger charge is -2.18. The normalized spacial score (nSPS) is 12.5. The fraction of sp³-hybridized carbons (Fsp3) is 0.412. The highest BCUT2D eigenvalue weighted by Crippen LogP contribution is 2.22. The van der Waals surface area contributed by atoms with Gasteiger partial charge in [-0.1, -0.05) is 50.6 Å². The zero-order valence-electron chi connectivity index (χ0n) is 11.9. The molecule has 1 unspecified atom stereocenters. The summed E-state index contributed by atoms with van der Waals surface area (Å²) >= 11 is 1.87. The summed E-state index contributed by atoms with van der Waals surface area (Å²) < 4.78 is 0. The van der Waals surface area contributed by atoms with Crippen molar-refractivity contribution in [3.05, 3.63) is 57.8 Å². The standard InChI is InChI=1S/C17H23NS/c1-3-8-16(15-9-6-5-7-10-15)18-13-17-14(4-2)11-12-19-17/h5-7,9-12,16,18H,3-4,8,13H2,1-2H3. The molecule has 0 saturated carbocycles. The van der Waals surface area contributed by atoms with Crippen LogP contribution in [0.1, 0.15) is 48.7 Å². The SMILES string of the molecule is CCCC(NCc1sccc1CC)c1ccccc1. The van der Waals surface area contributed by atoms with E-state index in [0.29, 0.717) is 6.04 Å². The van der Waals surface area contributed by atoms with Gasteiger partial charge in [0.15, 0.2) is 0 Å². The van der Waals surface area contributed by atoms with Crippen LogP contribution in [-0.4, -0.2) is 0 Å². The summed E-state index contributed by atoms with van der Waals surface area (Å²) in [7, 11) is 0. The molecule has 2 rings (SSSR count). The third-order valence-corrected chi connectivity index (χ3v) is 4.47. The second kappa shape index (κ2) is 7.46. The maximum absolute atomic E-state index is 3.72. The van der Waals surface area contributed by atoms with Crippen LogP contribution >= 0.6 is 11.3 Å². The van der Waals surface area contributed by atoms with E-state index in [1.54, 1.807) is 0 Å². The van der Waals surface area contributed by atoms with E-state index in [0.717, 1.165) is 13.0 Å². The summed E-state index contributed by atoms with van der Waals surface area (Å²) in [6.07, 6.45) is 3.53. The lowest BCUT2D eigenvalue weighted by Crippen LogP contribution is -2.20. The Morgan fingerprint density at radius 1 is 1.11 bits per heavy atom. The molecule has 1 aromatic carbocycles. The van der Waals surface area contributed by atoms with Crippen molar-refractivity contribution < 1.29 is 0 Å². The van der Waals surface area contributed by atoms with Gasteiger partial charge in [-0.05, 0) is 35.4 Å². The zero-order chi connectivity index (χ0) is 13.5. The first kappa shape index (κ1) is 14.3. The third-order valence-electron chi connectivity index (χ3n) is 3.51. The van der Waals surface area contributed by atoms with Crippen molar-refractivity contribution in [3.8, 4) is 0 Å². The molecular weight excluding hydrogens is 250 g/mol. The Labute approximate surface area is 120 Å². The summed E-state index contributed by atoms with van der Waals surface area (Å²) in [6.45, 7) is 5.47. The topological polar surface area (TPSA) is 12.0 Å². The van der Waals surface area contributed by atoms with Crippen LogP contribution in [-0.2, 0) is 13.0 Å². The van der Waals surface area contributed by atoms with E-state index in [9.17, 15) is 0 Å². The molecule has 1 heterocycles. The van der Waals surface area contributed by atoms with Crippen LogP contribution in [0.25, 0.3) is 0 Å². The van der Waals surface area contributed by atoms with Gasteiger partial charge in [0.25, 0.3) is 0 Å². The van der Waals surface area contributed by atoms with Crippen molar-refractivity contribution in [2.45, 2.75) is 45.7 Å². The molecule has 0 fully saturated rings. The van der Waals surface area contributed by atoms with Gasteiger partial charge in [0.1, 0.15) is 0 Å². The fourth-order valence-electron chi connectivity index (χ4n) is 2.41. The van der Waals surface area contributed by atoms with Crippen LogP contribution in [0, 0.1) is 0 Å². The van der Waals surface area contributed by atoms with Crippen molar-refractivity contribution in [2.24, 2.45) is 0 Å². The van der Waals surface area contributed by atoms with Gasteiger partial charge >= 0.3 is 0 Å². The molecule has 102 valence electrons. The summed E-state index contributed by atoms with van der Waals surface area (Å²) in [6, 6.07) is 13.5. The van der Waals surface area contributed by atoms with E-state index in [1.165, 1.54) is 28.8 Å². The molecule has 0 radical (unpaired) electrons. The molecular formula is C17H23NS. The number of aryl methyl sites for hydroxylation is 1. The lowest BCUT2D eigenvalue weighted by atomic mass is 10.0. The molecule has 1 N–H and O–H groups in total. The smallest absolute Gasteiger partial charge is 0.0323 e. The number of nitrogens with one attached hydrogen (secondary N) is 1. The number of thiophene rings is 1. The summed E-state index contributed by atoms with van der Waals surface area (Å²) in [5.74, 6) is 0. The largest absolute Gasteiger partial charge is 0.305 e. The van der Waals surface area contributed by atoms with Crippen LogP contribution in [0.4, 0.5) is 0 Å². The van der Waals surface area contributed by atoms with Crippen LogP contribution in [0.5, 0.6) is 0 Å². The Kier molecular flexibility index (Phi) is 5.62. The van der Waals surface area contributed by atoms with Crippen LogP contribution < -0.4 is 5.32 Å². The molecule has 0 aliphatic carbocycles. The lowest BCUT2D eigenvalue weighted by molar-refractivity contribution is 0.495. The van der Waals surface area contributed by atoms with Gasteiger partial charge in [0.05, 0.1) is 0 Å². The minimum absolute atomic E-state index is 0.470. The Morgan fingerprint density at radius 2 is 1.89 bits per heavy atom. The highest BCUT2D eigenvalue weighted by molar-refractivity contribution is 7.10. The molecule has 1 aromatic heterocycles. The summed E-state index contributed by atoms with van der Waals surface area (Å²) in [5, 5.41) is 5.93. The van der Waals surface area contributed by atoms with Crippen LogP contribution in [0.15, 0.2) is 41.8 Å². The van der Waals surface area contributed by atoms with Gasteiger partial charge in [0.2, 0.25) is 0 Å². The van der Waals surface area contributed by atoms with Crippen LogP contribution in [0.2, 0.25) is 0 Å². The quantitative estimate of drug-likeness (QED) is 0.753. The highest BCUT2D eigenvalue weighted by atomic mass is 32.1. The minimum Gasteiger partial charge on any atom is -0.305 e. The van der Waals surface area contributed by atoms with Gasteiger partial charge < -0.3 is 5.32 Å². The summed E-state index contributed by atoms with van der Waals surface area (Å²) in [5.41, 5.74) is 2.89. The highest BCUT2D eigenvalue weighted by Gasteiger charge is 2.11. The Bertz CT molecular complexity index is 475. The molecule has 0 aliphatic heterocycles. The van der Waals surface area contributed by atoms with Crippen molar-refractivity contribution in [1.82, 2.24) is 5.32 Å². The minimum atomic E-state index is 0.470. The molecule has 2 aromatic rings. The van der Waals surface area contributed by atoms with Gasteiger partial charge in [0, 0.05) is 17.5 Å². The molecule has 0 aliphatic rings. The predicted molar refractivity (Wildman–Crippen MR) is 84.6 cm³/mol. The Balaban J connectivity index is 2.02. The average Bonchev–Trinajstić information content (AvgIpc) is 2.92. The Hall–Kier alpha value is -1.12. The zero-order valence-corrected chi connectivity index (χ0v) is 12.7. The van der Waals surface area contributed by atoms with E-state index in [2.05, 4.69) is 60.9 Å². The molecule has 2 heteroatoms. The van der Waals surface area contributed by atoms with Crippen molar-refractivity contribution in [2.75, 3.05) is 0 Å². The average molecular weight is 273 g/mol. The van der Waals surface area contributed by atoms with Gasteiger partial charge in [-0.3, -0.25) is 0 Å². The molecule has 0 amide bonds. The first-order chi connectivity index (χ1) is 9.35. The van der Waals surface area contributed by atoms with Gasteiger partial charge in [-0.25, -0.2) is 0 Å². The summed E-state index contributed by atoms with van der Waals surface area (Å²) in [4.78, 5) is 1.49. The van der Waals surface area contributed by atoms with Gasteiger partial charge in [-0.15, -0.1) is 11.3 Å². The first-order valence-corrected chi connectivity index (χ1v) is 8.06. The maximum Gasteiger partial charge on any atom is 0.0323 e. The van der Waals surface area contributed by atoms with Crippen molar-refractivity contribution in [1.29, 1.82) is 0 Å². The number of hydrogen-bond donors (Lipinski definition) is 1. The molecule has 0 saturated heterocycles. The van der Waals surface area contributed by atoms with E-state index in [1.807, 2.05) is 11.3 Å². The first-order valence-electron chi connectivity index (χ1n) is 7.18.